The maximum Gasteiger partial charge on any atom is 0.339 e. The summed E-state index contributed by atoms with van der Waals surface area (Å²) in [6.45, 7) is 9.39. The van der Waals surface area contributed by atoms with Crippen molar-refractivity contribution >= 4 is 11.9 Å². The molecule has 0 saturated heterocycles. The van der Waals surface area contributed by atoms with Crippen molar-refractivity contribution in [3.05, 3.63) is 35.3 Å². The predicted octanol–water partition coefficient (Wildman–Crippen LogP) is 2.85. The lowest BCUT2D eigenvalue weighted by molar-refractivity contribution is -0.134. The number of carboxylic acid groups (broad SMARTS) is 1. The van der Waals surface area contributed by atoms with Gasteiger partial charge in [-0.15, -0.1) is 6.58 Å². The van der Waals surface area contributed by atoms with Crippen LogP contribution in [-0.4, -0.2) is 28.9 Å². The van der Waals surface area contributed by atoms with E-state index in [1.54, 1.807) is 14.0 Å². The van der Waals surface area contributed by atoms with Gasteiger partial charge in [0.15, 0.2) is 0 Å². The summed E-state index contributed by atoms with van der Waals surface area (Å²) < 4.78 is 5.37. The second kappa shape index (κ2) is 6.41. The highest BCUT2D eigenvalue weighted by Gasteiger charge is 2.20. The van der Waals surface area contributed by atoms with Crippen LogP contribution in [0, 0.1) is 12.8 Å². The number of aromatic carboxylic acids is 1. The van der Waals surface area contributed by atoms with Gasteiger partial charge in [0.25, 0.3) is 0 Å². The summed E-state index contributed by atoms with van der Waals surface area (Å²) in [4.78, 5) is 24.6. The highest BCUT2D eigenvalue weighted by molar-refractivity contribution is 5.88. The van der Waals surface area contributed by atoms with Gasteiger partial charge in [0.2, 0.25) is 5.91 Å². The Labute approximate surface area is 118 Å². The third kappa shape index (κ3) is 3.98. The second-order valence-electron chi connectivity index (χ2n) is 5.24. The summed E-state index contributed by atoms with van der Waals surface area (Å²) in [5, 5.41) is 8.96. The van der Waals surface area contributed by atoms with Crippen molar-refractivity contribution in [2.75, 3.05) is 7.05 Å². The van der Waals surface area contributed by atoms with Gasteiger partial charge in [0.1, 0.15) is 17.1 Å². The molecule has 1 amide bonds. The van der Waals surface area contributed by atoms with Crippen LogP contribution in [0.25, 0.3) is 0 Å². The number of nitrogens with zero attached hydrogens (tertiary/aromatic N) is 1. The Morgan fingerprint density at radius 1 is 1.50 bits per heavy atom. The fourth-order valence-corrected chi connectivity index (χ4v) is 2.13. The topological polar surface area (TPSA) is 70.8 Å². The predicted molar refractivity (Wildman–Crippen MR) is 75.5 cm³/mol. The number of hydrogen-bond donors (Lipinski definition) is 1. The van der Waals surface area contributed by atoms with Crippen LogP contribution in [0.2, 0.25) is 0 Å². The molecule has 0 aromatic carbocycles. The summed E-state index contributed by atoms with van der Waals surface area (Å²) in [7, 11) is 1.68. The average Bonchev–Trinajstić information content (AvgIpc) is 2.68. The molecule has 0 spiro atoms. The maximum absolute atomic E-state index is 12.1. The largest absolute Gasteiger partial charge is 0.478 e. The standard InChI is InChI=1S/C15H21NO4/c1-9(2)6-10(3)14(17)16(5)8-12-7-13(15(18)19)11(4)20-12/h7,10H,1,6,8H2,2-5H3,(H,18,19). The van der Waals surface area contributed by atoms with Crippen molar-refractivity contribution in [2.45, 2.75) is 33.7 Å². The van der Waals surface area contributed by atoms with E-state index in [1.807, 2.05) is 13.8 Å². The van der Waals surface area contributed by atoms with E-state index in [4.69, 9.17) is 9.52 Å². The minimum Gasteiger partial charge on any atom is -0.478 e. The molecule has 20 heavy (non-hydrogen) atoms. The molecule has 0 radical (unpaired) electrons. The second-order valence-corrected chi connectivity index (χ2v) is 5.24. The van der Waals surface area contributed by atoms with Crippen LogP contribution in [0.3, 0.4) is 0 Å². The molecule has 0 aliphatic heterocycles. The SMILES string of the molecule is C=C(C)CC(C)C(=O)N(C)Cc1cc(C(=O)O)c(C)o1. The number of rotatable bonds is 6. The van der Waals surface area contributed by atoms with Crippen LogP contribution in [0.5, 0.6) is 0 Å². The average molecular weight is 279 g/mol. The molecule has 0 fully saturated rings. The van der Waals surface area contributed by atoms with E-state index in [2.05, 4.69) is 6.58 Å². The monoisotopic (exact) mass is 279 g/mol. The molecule has 0 aliphatic rings. The van der Waals surface area contributed by atoms with Gasteiger partial charge < -0.3 is 14.4 Å². The molecule has 0 bridgehead atoms. The molecule has 0 aliphatic carbocycles. The van der Waals surface area contributed by atoms with Gasteiger partial charge >= 0.3 is 5.97 Å². The van der Waals surface area contributed by atoms with Crippen LogP contribution in [0.15, 0.2) is 22.6 Å². The van der Waals surface area contributed by atoms with Gasteiger partial charge in [0, 0.05) is 13.0 Å². The maximum atomic E-state index is 12.1. The fourth-order valence-electron chi connectivity index (χ4n) is 2.13. The van der Waals surface area contributed by atoms with Crippen molar-refractivity contribution in [1.82, 2.24) is 4.90 Å². The number of furan rings is 1. The van der Waals surface area contributed by atoms with Crippen molar-refractivity contribution in [3.63, 3.8) is 0 Å². The lowest BCUT2D eigenvalue weighted by Crippen LogP contribution is -2.31. The normalized spacial score (nSPS) is 12.0. The fraction of sp³-hybridized carbons (Fsp3) is 0.467. The zero-order chi connectivity index (χ0) is 15.4. The van der Waals surface area contributed by atoms with Gasteiger partial charge in [-0.1, -0.05) is 12.5 Å². The van der Waals surface area contributed by atoms with Gasteiger partial charge in [-0.25, -0.2) is 4.79 Å². The molecule has 1 rings (SSSR count). The zero-order valence-electron chi connectivity index (χ0n) is 12.4. The lowest BCUT2D eigenvalue weighted by atomic mass is 10.0. The highest BCUT2D eigenvalue weighted by atomic mass is 16.4. The summed E-state index contributed by atoms with van der Waals surface area (Å²) in [6.07, 6.45) is 0.640. The van der Waals surface area contributed by atoms with Crippen LogP contribution < -0.4 is 0 Å². The number of hydrogen-bond acceptors (Lipinski definition) is 3. The first-order valence-corrected chi connectivity index (χ1v) is 6.44. The van der Waals surface area contributed by atoms with Crippen LogP contribution in [0.4, 0.5) is 0 Å². The van der Waals surface area contributed by atoms with Gasteiger partial charge in [-0.2, -0.15) is 0 Å². The van der Waals surface area contributed by atoms with Crippen LogP contribution in [0.1, 0.15) is 42.1 Å². The molecule has 1 aromatic heterocycles. The molecule has 1 heterocycles. The Bertz CT molecular complexity index is 530. The third-order valence-corrected chi connectivity index (χ3v) is 3.04. The van der Waals surface area contributed by atoms with Crippen LogP contribution in [-0.2, 0) is 11.3 Å². The molecular formula is C15H21NO4. The number of amides is 1. The summed E-state index contributed by atoms with van der Waals surface area (Å²) in [5.74, 6) is -0.366. The molecule has 1 atom stereocenters. The van der Waals surface area contributed by atoms with Crippen molar-refractivity contribution in [3.8, 4) is 0 Å². The molecule has 0 saturated carbocycles. The first-order valence-electron chi connectivity index (χ1n) is 6.44. The minimum atomic E-state index is -1.03. The third-order valence-electron chi connectivity index (χ3n) is 3.04. The van der Waals surface area contributed by atoms with E-state index < -0.39 is 5.97 Å². The Kier molecular flexibility index (Phi) is 5.13. The molecular weight excluding hydrogens is 258 g/mol. The summed E-state index contributed by atoms with van der Waals surface area (Å²) >= 11 is 0. The first kappa shape index (κ1) is 16.0. The first-order chi connectivity index (χ1) is 9.22. The van der Waals surface area contributed by atoms with E-state index in [1.165, 1.54) is 11.0 Å². The quantitative estimate of drug-likeness (QED) is 0.813. The Morgan fingerprint density at radius 2 is 2.10 bits per heavy atom. The molecule has 1 unspecified atom stereocenters. The molecule has 5 heteroatoms. The van der Waals surface area contributed by atoms with Crippen molar-refractivity contribution < 1.29 is 19.1 Å². The summed E-state index contributed by atoms with van der Waals surface area (Å²) in [5.41, 5.74) is 1.09. The molecule has 110 valence electrons. The zero-order valence-corrected chi connectivity index (χ0v) is 12.4. The molecule has 1 N–H and O–H groups in total. The Balaban J connectivity index is 2.73. The van der Waals surface area contributed by atoms with Crippen molar-refractivity contribution in [1.29, 1.82) is 0 Å². The van der Waals surface area contributed by atoms with E-state index in [0.717, 1.165) is 5.57 Å². The number of allylic oxidation sites excluding steroid dienone is 1. The number of carbonyl (C=O) groups is 2. The highest BCUT2D eigenvalue weighted by Crippen LogP contribution is 2.18. The molecule has 5 nitrogen and oxygen atoms in total. The van der Waals surface area contributed by atoms with E-state index >= 15 is 0 Å². The minimum absolute atomic E-state index is 0.0149. The van der Waals surface area contributed by atoms with E-state index in [-0.39, 0.29) is 23.9 Å². The Hall–Kier alpha value is -2.04. The van der Waals surface area contributed by atoms with Crippen molar-refractivity contribution in [2.24, 2.45) is 5.92 Å². The summed E-state index contributed by atoms with van der Waals surface area (Å²) in [6, 6.07) is 1.46. The van der Waals surface area contributed by atoms with E-state index in [9.17, 15) is 9.59 Å². The van der Waals surface area contributed by atoms with Gasteiger partial charge in [0.05, 0.1) is 6.54 Å². The number of carboxylic acids is 1. The smallest absolute Gasteiger partial charge is 0.339 e. The lowest BCUT2D eigenvalue weighted by Gasteiger charge is -2.20. The molecule has 1 aromatic rings. The van der Waals surface area contributed by atoms with Crippen LogP contribution >= 0.6 is 0 Å². The van der Waals surface area contributed by atoms with E-state index in [0.29, 0.717) is 17.9 Å². The van der Waals surface area contributed by atoms with Gasteiger partial charge in [-0.05, 0) is 26.3 Å². The number of aryl methyl sites for hydroxylation is 1. The van der Waals surface area contributed by atoms with Gasteiger partial charge in [-0.3, -0.25) is 4.79 Å². The Morgan fingerprint density at radius 3 is 2.55 bits per heavy atom. The number of carbonyl (C=O) groups excluding carboxylic acids is 1.